The Morgan fingerprint density at radius 3 is 2.42 bits per heavy atom. The van der Waals surface area contributed by atoms with Crippen LogP contribution in [0.3, 0.4) is 0 Å². The monoisotopic (exact) mass is 346 g/mol. The maximum absolute atomic E-state index is 12.6. The van der Waals surface area contributed by atoms with E-state index in [1.165, 1.54) is 5.69 Å². The van der Waals surface area contributed by atoms with E-state index in [2.05, 4.69) is 33.6 Å². The zero-order valence-corrected chi connectivity index (χ0v) is 14.9. The van der Waals surface area contributed by atoms with Crippen LogP contribution in [0.5, 0.6) is 0 Å². The van der Waals surface area contributed by atoms with E-state index in [1.807, 2.05) is 41.4 Å². The van der Waals surface area contributed by atoms with E-state index >= 15 is 0 Å². The molecular weight excluding hydrogens is 324 g/mol. The summed E-state index contributed by atoms with van der Waals surface area (Å²) in [6.45, 7) is 3.59. The molecule has 4 rings (SSSR count). The zero-order valence-electron chi connectivity index (χ0n) is 14.9. The Bertz CT molecular complexity index is 881. The molecule has 5 heteroatoms. The first-order valence-corrected chi connectivity index (χ1v) is 9.03. The zero-order chi connectivity index (χ0) is 17.9. The molecule has 0 atom stereocenters. The Balaban J connectivity index is 1.51. The van der Waals surface area contributed by atoms with E-state index in [0.29, 0.717) is 11.7 Å². The molecule has 2 aromatic heterocycles. The Labute approximate surface area is 153 Å². The Morgan fingerprint density at radius 2 is 1.73 bits per heavy atom. The summed E-state index contributed by atoms with van der Waals surface area (Å²) in [5, 5.41) is 0. The number of piperidine rings is 1. The largest absolute Gasteiger partial charge is 0.337 e. The molecule has 0 bridgehead atoms. The molecule has 0 unspecified atom stereocenters. The van der Waals surface area contributed by atoms with Crippen molar-refractivity contribution in [2.24, 2.45) is 0 Å². The average Bonchev–Trinajstić information content (AvgIpc) is 3.10. The van der Waals surface area contributed by atoms with E-state index in [9.17, 15) is 4.79 Å². The van der Waals surface area contributed by atoms with Crippen LogP contribution >= 0.6 is 0 Å². The fourth-order valence-electron chi connectivity index (χ4n) is 3.69. The smallest absolute Gasteiger partial charge is 0.272 e. The van der Waals surface area contributed by atoms with E-state index in [1.54, 1.807) is 12.3 Å². The number of imidazole rings is 1. The number of nitrogens with zero attached hydrogens (tertiary/aromatic N) is 4. The lowest BCUT2D eigenvalue weighted by Gasteiger charge is -2.33. The summed E-state index contributed by atoms with van der Waals surface area (Å²) in [5.41, 5.74) is 2.82. The molecule has 0 aliphatic carbocycles. The third kappa shape index (κ3) is 3.12. The number of carbonyl (C=O) groups is 1. The lowest BCUT2D eigenvalue weighted by molar-refractivity contribution is 0.0688. The number of pyridine rings is 1. The van der Waals surface area contributed by atoms with Crippen molar-refractivity contribution >= 4 is 5.91 Å². The van der Waals surface area contributed by atoms with Crippen LogP contribution in [0.2, 0.25) is 0 Å². The maximum Gasteiger partial charge on any atom is 0.272 e. The van der Waals surface area contributed by atoms with Gasteiger partial charge in [0.1, 0.15) is 11.5 Å². The fraction of sp³-hybridized carbons (Fsp3) is 0.286. The van der Waals surface area contributed by atoms with Crippen LogP contribution in [-0.4, -0.2) is 38.4 Å². The molecule has 3 aromatic rings. The molecule has 1 aliphatic rings. The van der Waals surface area contributed by atoms with Crippen LogP contribution in [0.4, 0.5) is 0 Å². The normalized spacial score (nSPS) is 15.2. The molecule has 3 heterocycles. The van der Waals surface area contributed by atoms with Crippen LogP contribution in [0.1, 0.15) is 35.1 Å². The molecule has 0 N–H and O–H groups in total. The predicted molar refractivity (Wildman–Crippen MR) is 101 cm³/mol. The van der Waals surface area contributed by atoms with Gasteiger partial charge in [0, 0.05) is 42.8 Å². The third-order valence-electron chi connectivity index (χ3n) is 5.01. The summed E-state index contributed by atoms with van der Waals surface area (Å²) in [5.74, 6) is 1.03. The summed E-state index contributed by atoms with van der Waals surface area (Å²) in [6.07, 6.45) is 5.46. The number of carbonyl (C=O) groups excluding carboxylic acids is 1. The number of hydrogen-bond donors (Lipinski definition) is 0. The SMILES string of the molecule is Cc1cnc(-c2ccccc2)n1C1CCN(C(=O)c2ccccn2)CC1. The summed E-state index contributed by atoms with van der Waals surface area (Å²) in [6, 6.07) is 16.1. The van der Waals surface area contributed by atoms with Gasteiger partial charge in [-0.25, -0.2) is 4.98 Å². The number of rotatable bonds is 3. The van der Waals surface area contributed by atoms with Gasteiger partial charge < -0.3 is 9.47 Å². The fourth-order valence-corrected chi connectivity index (χ4v) is 3.69. The highest BCUT2D eigenvalue weighted by Crippen LogP contribution is 2.30. The summed E-state index contributed by atoms with van der Waals surface area (Å²) < 4.78 is 2.33. The van der Waals surface area contributed by atoms with Crippen molar-refractivity contribution in [2.75, 3.05) is 13.1 Å². The van der Waals surface area contributed by atoms with Crippen molar-refractivity contribution in [1.82, 2.24) is 19.4 Å². The summed E-state index contributed by atoms with van der Waals surface area (Å²) >= 11 is 0. The maximum atomic E-state index is 12.6. The van der Waals surface area contributed by atoms with Gasteiger partial charge in [-0.15, -0.1) is 0 Å². The molecular formula is C21H22N4O. The van der Waals surface area contributed by atoms with E-state index in [-0.39, 0.29) is 5.91 Å². The van der Waals surface area contributed by atoms with Crippen LogP contribution in [0.15, 0.2) is 60.9 Å². The number of amides is 1. The van der Waals surface area contributed by atoms with Gasteiger partial charge >= 0.3 is 0 Å². The minimum atomic E-state index is 0.0229. The highest BCUT2D eigenvalue weighted by atomic mass is 16.2. The van der Waals surface area contributed by atoms with E-state index in [4.69, 9.17) is 0 Å². The lowest BCUT2D eigenvalue weighted by atomic mass is 10.0. The van der Waals surface area contributed by atoms with Crippen molar-refractivity contribution in [3.05, 3.63) is 72.3 Å². The molecule has 26 heavy (non-hydrogen) atoms. The van der Waals surface area contributed by atoms with Gasteiger partial charge in [-0.2, -0.15) is 0 Å². The second-order valence-corrected chi connectivity index (χ2v) is 6.70. The lowest BCUT2D eigenvalue weighted by Crippen LogP contribution is -2.39. The number of likely N-dealkylation sites (tertiary alicyclic amines) is 1. The first-order chi connectivity index (χ1) is 12.7. The van der Waals surface area contributed by atoms with Gasteiger partial charge in [0.15, 0.2) is 0 Å². The van der Waals surface area contributed by atoms with E-state index in [0.717, 1.165) is 37.3 Å². The second kappa shape index (κ2) is 7.12. The number of aromatic nitrogens is 3. The van der Waals surface area contributed by atoms with Crippen LogP contribution in [0.25, 0.3) is 11.4 Å². The first kappa shape index (κ1) is 16.5. The molecule has 0 radical (unpaired) electrons. The minimum absolute atomic E-state index is 0.0229. The highest BCUT2D eigenvalue weighted by molar-refractivity contribution is 5.92. The molecule has 5 nitrogen and oxygen atoms in total. The van der Waals surface area contributed by atoms with Crippen molar-refractivity contribution in [3.63, 3.8) is 0 Å². The Hall–Kier alpha value is -2.95. The van der Waals surface area contributed by atoms with Gasteiger partial charge in [-0.1, -0.05) is 36.4 Å². The van der Waals surface area contributed by atoms with E-state index < -0.39 is 0 Å². The quantitative estimate of drug-likeness (QED) is 0.726. The predicted octanol–water partition coefficient (Wildman–Crippen LogP) is 3.73. The molecule has 1 fully saturated rings. The van der Waals surface area contributed by atoms with Crippen molar-refractivity contribution in [3.8, 4) is 11.4 Å². The molecule has 0 spiro atoms. The number of hydrogen-bond acceptors (Lipinski definition) is 3. The molecule has 1 saturated heterocycles. The topological polar surface area (TPSA) is 51.0 Å². The number of benzene rings is 1. The van der Waals surface area contributed by atoms with Gasteiger partial charge in [0.25, 0.3) is 5.91 Å². The first-order valence-electron chi connectivity index (χ1n) is 9.03. The minimum Gasteiger partial charge on any atom is -0.337 e. The standard InChI is InChI=1S/C21H22N4O/c1-16-15-23-20(17-7-3-2-4-8-17)25(16)18-10-13-24(14-11-18)21(26)19-9-5-6-12-22-19/h2-9,12,15,18H,10-11,13-14H2,1H3. The summed E-state index contributed by atoms with van der Waals surface area (Å²) in [4.78, 5) is 23.3. The Kier molecular flexibility index (Phi) is 4.52. The molecule has 132 valence electrons. The summed E-state index contributed by atoms with van der Waals surface area (Å²) in [7, 11) is 0. The average molecular weight is 346 g/mol. The van der Waals surface area contributed by atoms with Crippen LogP contribution in [-0.2, 0) is 0 Å². The molecule has 1 aromatic carbocycles. The molecule has 1 aliphatic heterocycles. The van der Waals surface area contributed by atoms with Crippen LogP contribution < -0.4 is 0 Å². The highest BCUT2D eigenvalue weighted by Gasteiger charge is 2.27. The van der Waals surface area contributed by atoms with Crippen molar-refractivity contribution in [1.29, 1.82) is 0 Å². The Morgan fingerprint density at radius 1 is 1.00 bits per heavy atom. The third-order valence-corrected chi connectivity index (χ3v) is 5.01. The van der Waals surface area contributed by atoms with Gasteiger partial charge in [0.05, 0.1) is 0 Å². The second-order valence-electron chi connectivity index (χ2n) is 6.70. The number of aryl methyl sites for hydroxylation is 1. The van der Waals surface area contributed by atoms with Gasteiger partial charge in [-0.05, 0) is 31.9 Å². The van der Waals surface area contributed by atoms with Gasteiger partial charge in [0.2, 0.25) is 0 Å². The van der Waals surface area contributed by atoms with Crippen LogP contribution in [0, 0.1) is 6.92 Å². The van der Waals surface area contributed by atoms with Crippen molar-refractivity contribution < 1.29 is 4.79 Å². The molecule has 1 amide bonds. The van der Waals surface area contributed by atoms with Crippen molar-refractivity contribution in [2.45, 2.75) is 25.8 Å². The van der Waals surface area contributed by atoms with Gasteiger partial charge in [-0.3, -0.25) is 9.78 Å². The molecule has 0 saturated carbocycles.